The topological polar surface area (TPSA) is 39.3 Å². The molecule has 0 bridgehead atoms. The summed E-state index contributed by atoms with van der Waals surface area (Å²) in [7, 11) is 1.97. The first-order valence-corrected chi connectivity index (χ1v) is 5.94. The number of aromatic nitrogens is 2. The van der Waals surface area contributed by atoms with Crippen LogP contribution in [0, 0.1) is 0 Å². The van der Waals surface area contributed by atoms with Gasteiger partial charge in [-0.2, -0.15) is 0 Å². The highest BCUT2D eigenvalue weighted by molar-refractivity contribution is 7.07. The quantitative estimate of drug-likeness (QED) is 0.667. The molecule has 4 nitrogen and oxygen atoms in total. The van der Waals surface area contributed by atoms with Crippen molar-refractivity contribution in [3.8, 4) is 0 Å². The second-order valence-electron chi connectivity index (χ2n) is 3.78. The molecule has 3 rings (SSSR count). The molecule has 0 atom stereocenters. The van der Waals surface area contributed by atoms with Crippen molar-refractivity contribution < 1.29 is 0 Å². The van der Waals surface area contributed by atoms with Crippen LogP contribution in [0.15, 0.2) is 28.1 Å². The Bertz CT molecular complexity index is 704. The number of hydrogen-bond acceptors (Lipinski definition) is 3. The van der Waals surface area contributed by atoms with Crippen LogP contribution in [0.3, 0.4) is 0 Å². The second kappa shape index (κ2) is 3.45. The summed E-state index contributed by atoms with van der Waals surface area (Å²) in [4.78, 5) is 17.1. The molecule has 0 aliphatic carbocycles. The Morgan fingerprint density at radius 3 is 3.12 bits per heavy atom. The van der Waals surface area contributed by atoms with Gasteiger partial charge in [0.1, 0.15) is 0 Å². The van der Waals surface area contributed by atoms with E-state index in [1.54, 1.807) is 4.57 Å². The Morgan fingerprint density at radius 2 is 2.44 bits per heavy atom. The Balaban J connectivity index is 2.26. The molecule has 2 aromatic rings. The Hall–Kier alpha value is -1.62. The van der Waals surface area contributed by atoms with E-state index in [1.807, 2.05) is 36.0 Å². The minimum atomic E-state index is 0.0856. The van der Waals surface area contributed by atoms with Gasteiger partial charge < -0.3 is 4.57 Å². The van der Waals surface area contributed by atoms with Gasteiger partial charge in [-0.25, -0.2) is 0 Å². The Morgan fingerprint density at radius 1 is 1.56 bits per heavy atom. The average molecular weight is 233 g/mol. The number of nitrogens with zero attached hydrogens (tertiary/aromatic N) is 3. The van der Waals surface area contributed by atoms with E-state index in [1.165, 1.54) is 11.3 Å². The maximum atomic E-state index is 12.0. The number of rotatable bonds is 1. The lowest BCUT2D eigenvalue weighted by Gasteiger charge is -1.93. The zero-order valence-corrected chi connectivity index (χ0v) is 9.70. The third-order valence-corrected chi connectivity index (χ3v) is 3.77. The number of thiazole rings is 1. The summed E-state index contributed by atoms with van der Waals surface area (Å²) < 4.78 is 4.51. The van der Waals surface area contributed by atoms with Crippen LogP contribution in [0.4, 0.5) is 0 Å². The van der Waals surface area contributed by atoms with Crippen molar-refractivity contribution in [3.63, 3.8) is 0 Å². The summed E-state index contributed by atoms with van der Waals surface area (Å²) in [6, 6.07) is 3.96. The smallest absolute Gasteiger partial charge is 0.270 e. The fraction of sp³-hybridized carbons (Fsp3) is 0.273. The molecule has 1 aliphatic rings. The molecule has 0 amide bonds. The van der Waals surface area contributed by atoms with Gasteiger partial charge in [-0.15, -0.1) is 0 Å². The minimum absolute atomic E-state index is 0.0856. The fourth-order valence-electron chi connectivity index (χ4n) is 1.83. The third kappa shape index (κ3) is 1.36. The van der Waals surface area contributed by atoms with Crippen LogP contribution in [0.5, 0.6) is 0 Å². The zero-order chi connectivity index (χ0) is 11.1. The van der Waals surface area contributed by atoms with Crippen molar-refractivity contribution in [2.75, 3.05) is 6.54 Å². The van der Waals surface area contributed by atoms with Gasteiger partial charge in [0.05, 0.1) is 11.1 Å². The Kier molecular flexibility index (Phi) is 2.07. The van der Waals surface area contributed by atoms with Crippen LogP contribution in [-0.4, -0.2) is 15.7 Å². The van der Waals surface area contributed by atoms with Crippen LogP contribution in [-0.2, 0) is 13.6 Å². The SMILES string of the molecule is Cn1cccc1C=c1sc2n(c1=O)CCN=2. The van der Waals surface area contributed by atoms with E-state index in [2.05, 4.69) is 4.99 Å². The first-order chi connectivity index (χ1) is 7.75. The molecule has 0 saturated carbocycles. The number of hydrogen-bond donors (Lipinski definition) is 0. The van der Waals surface area contributed by atoms with E-state index < -0.39 is 0 Å². The molecular weight excluding hydrogens is 222 g/mol. The predicted molar refractivity (Wildman–Crippen MR) is 63.2 cm³/mol. The molecule has 0 unspecified atom stereocenters. The molecule has 0 N–H and O–H groups in total. The number of fused-ring (bicyclic) bond motifs is 1. The summed E-state index contributed by atoms with van der Waals surface area (Å²) in [5.74, 6) is 0. The van der Waals surface area contributed by atoms with E-state index >= 15 is 0 Å². The van der Waals surface area contributed by atoms with Gasteiger partial charge in [0.2, 0.25) is 0 Å². The molecule has 82 valence electrons. The van der Waals surface area contributed by atoms with Crippen LogP contribution in [0.2, 0.25) is 0 Å². The van der Waals surface area contributed by atoms with E-state index in [9.17, 15) is 4.79 Å². The standard InChI is InChI=1S/C11H11N3OS/c1-13-5-2-3-8(13)7-9-10(15)14-6-4-12-11(14)16-9/h2-3,5,7H,4,6H2,1H3. The normalized spacial score (nSPS) is 15.2. The lowest BCUT2D eigenvalue weighted by atomic mass is 10.4. The van der Waals surface area contributed by atoms with Crippen LogP contribution >= 0.6 is 11.3 Å². The molecule has 0 saturated heterocycles. The molecule has 0 radical (unpaired) electrons. The molecule has 1 aliphatic heterocycles. The molecule has 3 heterocycles. The van der Waals surface area contributed by atoms with Crippen molar-refractivity contribution in [2.45, 2.75) is 6.54 Å². The third-order valence-electron chi connectivity index (χ3n) is 2.72. The van der Waals surface area contributed by atoms with E-state index in [-0.39, 0.29) is 5.56 Å². The monoisotopic (exact) mass is 233 g/mol. The highest BCUT2D eigenvalue weighted by atomic mass is 32.1. The zero-order valence-electron chi connectivity index (χ0n) is 8.88. The van der Waals surface area contributed by atoms with Crippen LogP contribution in [0.1, 0.15) is 5.69 Å². The molecule has 0 aromatic carbocycles. The number of aryl methyl sites for hydroxylation is 1. The predicted octanol–water partition coefficient (Wildman–Crippen LogP) is -0.290. The van der Waals surface area contributed by atoms with Gasteiger partial charge in [-0.05, 0) is 18.2 Å². The lowest BCUT2D eigenvalue weighted by Crippen LogP contribution is -2.29. The highest BCUT2D eigenvalue weighted by Crippen LogP contribution is 1.99. The maximum Gasteiger partial charge on any atom is 0.270 e. The molecule has 16 heavy (non-hydrogen) atoms. The summed E-state index contributed by atoms with van der Waals surface area (Å²) in [5.41, 5.74) is 1.13. The molecule has 5 heteroatoms. The highest BCUT2D eigenvalue weighted by Gasteiger charge is 2.09. The van der Waals surface area contributed by atoms with Crippen LogP contribution in [0.25, 0.3) is 6.08 Å². The molecule has 0 fully saturated rings. The summed E-state index contributed by atoms with van der Waals surface area (Å²) >= 11 is 1.47. The van der Waals surface area contributed by atoms with Crippen LogP contribution < -0.4 is 14.9 Å². The summed E-state index contributed by atoms with van der Waals surface area (Å²) in [5, 5.41) is 0. The van der Waals surface area contributed by atoms with Gasteiger partial charge in [0.15, 0.2) is 4.80 Å². The largest absolute Gasteiger partial charge is 0.351 e. The van der Waals surface area contributed by atoms with Crippen molar-refractivity contribution in [2.24, 2.45) is 12.0 Å². The molecule has 0 spiro atoms. The van der Waals surface area contributed by atoms with E-state index in [0.29, 0.717) is 0 Å². The first kappa shape index (κ1) is 9.59. The van der Waals surface area contributed by atoms with Crippen molar-refractivity contribution >= 4 is 17.4 Å². The summed E-state index contributed by atoms with van der Waals surface area (Å²) in [6.07, 6.45) is 3.89. The van der Waals surface area contributed by atoms with Crippen molar-refractivity contribution in [1.82, 2.24) is 9.13 Å². The van der Waals surface area contributed by atoms with Gasteiger partial charge in [0, 0.05) is 25.5 Å². The van der Waals surface area contributed by atoms with E-state index in [0.717, 1.165) is 28.1 Å². The van der Waals surface area contributed by atoms with Gasteiger partial charge in [0.25, 0.3) is 5.56 Å². The van der Waals surface area contributed by atoms with Gasteiger partial charge in [-0.3, -0.25) is 14.4 Å². The maximum absolute atomic E-state index is 12.0. The minimum Gasteiger partial charge on any atom is -0.351 e. The van der Waals surface area contributed by atoms with E-state index in [4.69, 9.17) is 0 Å². The molecular formula is C11H11N3OS. The fourth-order valence-corrected chi connectivity index (χ4v) is 2.84. The first-order valence-electron chi connectivity index (χ1n) is 5.13. The lowest BCUT2D eigenvalue weighted by molar-refractivity contribution is 0.740. The Labute approximate surface area is 95.8 Å². The average Bonchev–Trinajstić information content (AvgIpc) is 2.91. The van der Waals surface area contributed by atoms with Crippen molar-refractivity contribution in [3.05, 3.63) is 43.7 Å². The second-order valence-corrected chi connectivity index (χ2v) is 4.78. The van der Waals surface area contributed by atoms with Gasteiger partial charge >= 0.3 is 0 Å². The van der Waals surface area contributed by atoms with Gasteiger partial charge in [-0.1, -0.05) is 11.3 Å². The van der Waals surface area contributed by atoms with Crippen molar-refractivity contribution in [1.29, 1.82) is 0 Å². The molecule has 2 aromatic heterocycles. The summed E-state index contributed by atoms with van der Waals surface area (Å²) in [6.45, 7) is 1.47.